The second kappa shape index (κ2) is 6.41. The van der Waals surface area contributed by atoms with Crippen LogP contribution in [0.15, 0.2) is 54.6 Å². The molecule has 3 aromatic rings. The fourth-order valence-corrected chi connectivity index (χ4v) is 3.57. The zero-order valence-electron chi connectivity index (χ0n) is 14.7. The minimum Gasteiger partial charge on any atom is -0.295 e. The topological polar surface area (TPSA) is 49.0 Å². The van der Waals surface area contributed by atoms with E-state index in [2.05, 4.69) is 24.0 Å². The molecule has 0 saturated heterocycles. The highest BCUT2D eigenvalue weighted by atomic mass is 19.1. The lowest BCUT2D eigenvalue weighted by Crippen LogP contribution is -2.29. The van der Waals surface area contributed by atoms with E-state index in [1.807, 2.05) is 30.3 Å². The van der Waals surface area contributed by atoms with Gasteiger partial charge in [-0.05, 0) is 42.2 Å². The van der Waals surface area contributed by atoms with E-state index in [0.717, 1.165) is 28.9 Å². The summed E-state index contributed by atoms with van der Waals surface area (Å²) in [4.78, 5) is 14.9. The molecule has 0 saturated carbocycles. The Hall–Kier alpha value is -2.95. The van der Waals surface area contributed by atoms with Crippen LogP contribution in [-0.4, -0.2) is 16.1 Å². The Morgan fingerprint density at radius 3 is 2.46 bits per heavy atom. The van der Waals surface area contributed by atoms with Gasteiger partial charge in [0.15, 0.2) is 0 Å². The van der Waals surface area contributed by atoms with Crippen LogP contribution in [0.3, 0.4) is 0 Å². The molecule has 0 spiro atoms. The van der Waals surface area contributed by atoms with Crippen molar-refractivity contribution >= 4 is 11.6 Å². The van der Waals surface area contributed by atoms with Crippen molar-refractivity contribution < 1.29 is 9.18 Å². The van der Waals surface area contributed by atoms with Crippen LogP contribution in [0.5, 0.6) is 0 Å². The lowest BCUT2D eigenvalue weighted by Gasteiger charge is -2.26. The van der Waals surface area contributed by atoms with E-state index in [-0.39, 0.29) is 17.8 Å². The SMILES string of the molecule is CC(C)Cc1n[nH]c2c1C(c1ccc(F)cc1)N(c1ccccc1)C2=O. The molecular weight excluding hydrogens is 329 g/mol. The van der Waals surface area contributed by atoms with Crippen molar-refractivity contribution in [3.05, 3.63) is 82.9 Å². The highest BCUT2D eigenvalue weighted by molar-refractivity contribution is 6.10. The molecule has 0 radical (unpaired) electrons. The van der Waals surface area contributed by atoms with Crippen molar-refractivity contribution in [2.75, 3.05) is 4.90 Å². The van der Waals surface area contributed by atoms with Gasteiger partial charge in [0.2, 0.25) is 0 Å². The molecule has 0 aliphatic carbocycles. The minimum atomic E-state index is -0.312. The number of aromatic nitrogens is 2. The van der Waals surface area contributed by atoms with Crippen molar-refractivity contribution in [3.8, 4) is 0 Å². The molecule has 26 heavy (non-hydrogen) atoms. The van der Waals surface area contributed by atoms with Gasteiger partial charge in [-0.15, -0.1) is 0 Å². The average molecular weight is 349 g/mol. The number of hydrogen-bond acceptors (Lipinski definition) is 2. The van der Waals surface area contributed by atoms with Gasteiger partial charge in [-0.2, -0.15) is 5.10 Å². The molecule has 5 heteroatoms. The summed E-state index contributed by atoms with van der Waals surface area (Å²) in [6, 6.07) is 15.6. The van der Waals surface area contributed by atoms with Crippen LogP contribution in [-0.2, 0) is 6.42 Å². The normalized spacial score (nSPS) is 16.4. The summed E-state index contributed by atoms with van der Waals surface area (Å²) in [6.07, 6.45) is 0.777. The first-order valence-corrected chi connectivity index (χ1v) is 8.77. The van der Waals surface area contributed by atoms with Crippen LogP contribution < -0.4 is 4.90 Å². The predicted octanol–water partition coefficient (Wildman–Crippen LogP) is 4.50. The Balaban J connectivity index is 1.89. The predicted molar refractivity (Wildman–Crippen MR) is 98.6 cm³/mol. The Kier molecular flexibility index (Phi) is 4.07. The van der Waals surface area contributed by atoms with Gasteiger partial charge in [-0.25, -0.2) is 4.39 Å². The number of carbonyl (C=O) groups excluding carboxylic acids is 1. The van der Waals surface area contributed by atoms with Crippen molar-refractivity contribution in [1.82, 2.24) is 10.2 Å². The van der Waals surface area contributed by atoms with E-state index >= 15 is 0 Å². The van der Waals surface area contributed by atoms with Gasteiger partial charge in [0.25, 0.3) is 5.91 Å². The number of para-hydroxylation sites is 1. The zero-order valence-corrected chi connectivity index (χ0v) is 14.7. The maximum Gasteiger partial charge on any atom is 0.277 e. The van der Waals surface area contributed by atoms with Crippen molar-refractivity contribution in [1.29, 1.82) is 0 Å². The molecule has 0 fully saturated rings. The Morgan fingerprint density at radius 2 is 1.81 bits per heavy atom. The summed E-state index contributed by atoms with van der Waals surface area (Å²) in [6.45, 7) is 4.25. The van der Waals surface area contributed by atoms with Crippen LogP contribution in [0.4, 0.5) is 10.1 Å². The maximum atomic E-state index is 13.5. The summed E-state index contributed by atoms with van der Waals surface area (Å²) < 4.78 is 13.5. The molecule has 1 unspecified atom stereocenters. The number of carbonyl (C=O) groups is 1. The van der Waals surface area contributed by atoms with E-state index in [1.165, 1.54) is 12.1 Å². The van der Waals surface area contributed by atoms with E-state index in [9.17, 15) is 9.18 Å². The molecule has 0 bridgehead atoms. The maximum absolute atomic E-state index is 13.5. The van der Waals surface area contributed by atoms with Crippen molar-refractivity contribution in [2.45, 2.75) is 26.3 Å². The molecule has 1 aliphatic rings. The molecule has 1 aromatic heterocycles. The summed E-state index contributed by atoms with van der Waals surface area (Å²) in [5, 5.41) is 7.34. The molecule has 1 atom stereocenters. The average Bonchev–Trinajstić information content (AvgIpc) is 3.15. The van der Waals surface area contributed by atoms with Crippen molar-refractivity contribution in [3.63, 3.8) is 0 Å². The second-order valence-corrected chi connectivity index (χ2v) is 7.02. The molecule has 2 heterocycles. The molecule has 2 aromatic carbocycles. The molecule has 132 valence electrons. The highest BCUT2D eigenvalue weighted by Crippen LogP contribution is 2.42. The number of halogens is 1. The lowest BCUT2D eigenvalue weighted by molar-refractivity contribution is 0.0988. The number of rotatable bonds is 4. The summed E-state index contributed by atoms with van der Waals surface area (Å²) >= 11 is 0. The number of anilines is 1. The van der Waals surface area contributed by atoms with E-state index in [0.29, 0.717) is 11.6 Å². The van der Waals surface area contributed by atoms with Gasteiger partial charge in [0.05, 0.1) is 11.7 Å². The first-order chi connectivity index (χ1) is 12.6. The van der Waals surface area contributed by atoms with Crippen molar-refractivity contribution in [2.24, 2.45) is 5.92 Å². The molecule has 1 aliphatic heterocycles. The number of aromatic amines is 1. The first-order valence-electron chi connectivity index (χ1n) is 8.77. The lowest BCUT2D eigenvalue weighted by atomic mass is 9.95. The van der Waals surface area contributed by atoms with Gasteiger partial charge >= 0.3 is 0 Å². The fraction of sp³-hybridized carbons (Fsp3) is 0.238. The fourth-order valence-electron chi connectivity index (χ4n) is 3.57. The second-order valence-electron chi connectivity index (χ2n) is 7.02. The number of H-pyrrole nitrogens is 1. The molecule has 1 N–H and O–H groups in total. The third kappa shape index (κ3) is 2.69. The van der Waals surface area contributed by atoms with Gasteiger partial charge < -0.3 is 0 Å². The van der Waals surface area contributed by atoms with E-state index < -0.39 is 0 Å². The third-order valence-corrected chi connectivity index (χ3v) is 4.67. The van der Waals surface area contributed by atoms with Gasteiger partial charge in [0.1, 0.15) is 11.5 Å². The van der Waals surface area contributed by atoms with Gasteiger partial charge in [-0.3, -0.25) is 14.8 Å². The van der Waals surface area contributed by atoms with Crippen LogP contribution in [0.25, 0.3) is 0 Å². The van der Waals surface area contributed by atoms with Crippen LogP contribution >= 0.6 is 0 Å². The van der Waals surface area contributed by atoms with Crippen LogP contribution in [0.2, 0.25) is 0 Å². The number of fused-ring (bicyclic) bond motifs is 1. The highest BCUT2D eigenvalue weighted by Gasteiger charge is 2.42. The largest absolute Gasteiger partial charge is 0.295 e. The molecular formula is C21H20FN3O. The summed E-state index contributed by atoms with van der Waals surface area (Å²) in [5.41, 5.74) is 4.01. The Morgan fingerprint density at radius 1 is 1.12 bits per heavy atom. The monoisotopic (exact) mass is 349 g/mol. The number of nitrogens with zero attached hydrogens (tertiary/aromatic N) is 2. The Labute approximate surface area is 151 Å². The molecule has 4 nitrogen and oxygen atoms in total. The van der Waals surface area contributed by atoms with E-state index in [1.54, 1.807) is 17.0 Å². The Bertz CT molecular complexity index is 932. The summed E-state index contributed by atoms with van der Waals surface area (Å²) in [7, 11) is 0. The molecule has 1 amide bonds. The number of hydrogen-bond donors (Lipinski definition) is 1. The zero-order chi connectivity index (χ0) is 18.3. The standard InChI is InChI=1S/C21H20FN3O/c1-13(2)12-17-18-19(24-23-17)21(26)25(16-6-4-3-5-7-16)20(18)14-8-10-15(22)11-9-14/h3-11,13,20H,12H2,1-2H3,(H,23,24). The smallest absolute Gasteiger partial charge is 0.277 e. The van der Waals surface area contributed by atoms with Gasteiger partial charge in [0, 0.05) is 11.3 Å². The third-order valence-electron chi connectivity index (χ3n) is 4.67. The first kappa shape index (κ1) is 16.5. The van der Waals surface area contributed by atoms with E-state index in [4.69, 9.17) is 0 Å². The minimum absolute atomic E-state index is 0.108. The van der Waals surface area contributed by atoms with Crippen LogP contribution in [0.1, 0.15) is 47.2 Å². The number of nitrogens with one attached hydrogen (secondary N) is 1. The molecule has 4 rings (SSSR count). The number of benzene rings is 2. The number of amides is 1. The summed E-state index contributed by atoms with van der Waals surface area (Å²) in [5.74, 6) is 0.0133. The quantitative estimate of drug-likeness (QED) is 0.754. The van der Waals surface area contributed by atoms with Gasteiger partial charge in [-0.1, -0.05) is 44.2 Å². The van der Waals surface area contributed by atoms with Crippen LogP contribution in [0, 0.1) is 11.7 Å².